The van der Waals surface area contributed by atoms with Crippen molar-refractivity contribution >= 4 is 0 Å². The molecule has 2 nitrogen and oxygen atoms in total. The second-order valence-corrected chi connectivity index (χ2v) is 3.59. The fraction of sp³-hybridized carbons (Fsp3) is 1.00. The lowest BCUT2D eigenvalue weighted by Gasteiger charge is -2.25. The van der Waals surface area contributed by atoms with Gasteiger partial charge in [0.2, 0.25) is 0 Å². The van der Waals surface area contributed by atoms with Gasteiger partial charge in [-0.25, -0.2) is 0 Å². The smallest absolute Gasteiger partial charge is 0.0766 e. The van der Waals surface area contributed by atoms with Crippen LogP contribution in [-0.4, -0.2) is 23.3 Å². The molecule has 11 heavy (non-hydrogen) atoms. The van der Waals surface area contributed by atoms with Gasteiger partial charge in [-0.15, -0.1) is 0 Å². The number of aliphatic hydroxyl groups is 1. The van der Waals surface area contributed by atoms with Crippen molar-refractivity contribution < 1.29 is 5.11 Å². The second-order valence-electron chi connectivity index (χ2n) is 3.59. The summed E-state index contributed by atoms with van der Waals surface area (Å²) < 4.78 is 0. The number of hydrogen-bond donors (Lipinski definition) is 2. The van der Waals surface area contributed by atoms with Gasteiger partial charge >= 0.3 is 0 Å². The standard InChI is InChI=1S/C9H19NO/c1-3-9(11,4-2)7-10-8-5-6-8/h8,10-11H,3-7H2,1-2H3. The maximum Gasteiger partial charge on any atom is 0.0766 e. The predicted molar refractivity (Wildman–Crippen MR) is 46.6 cm³/mol. The first-order valence-corrected chi connectivity index (χ1v) is 4.66. The van der Waals surface area contributed by atoms with E-state index in [1.165, 1.54) is 12.8 Å². The minimum Gasteiger partial charge on any atom is -0.389 e. The van der Waals surface area contributed by atoms with Gasteiger partial charge < -0.3 is 10.4 Å². The van der Waals surface area contributed by atoms with E-state index in [4.69, 9.17) is 0 Å². The van der Waals surface area contributed by atoms with Crippen LogP contribution in [-0.2, 0) is 0 Å². The molecule has 0 unspecified atom stereocenters. The van der Waals surface area contributed by atoms with E-state index < -0.39 is 5.60 Å². The molecule has 0 aromatic carbocycles. The predicted octanol–water partition coefficient (Wildman–Crippen LogP) is 1.29. The Morgan fingerprint density at radius 1 is 1.36 bits per heavy atom. The van der Waals surface area contributed by atoms with Crippen molar-refractivity contribution in [3.8, 4) is 0 Å². The summed E-state index contributed by atoms with van der Waals surface area (Å²) in [5.74, 6) is 0. The summed E-state index contributed by atoms with van der Waals surface area (Å²) >= 11 is 0. The maximum absolute atomic E-state index is 9.84. The van der Waals surface area contributed by atoms with Crippen molar-refractivity contribution in [2.75, 3.05) is 6.54 Å². The average molecular weight is 157 g/mol. The number of hydrogen-bond acceptors (Lipinski definition) is 2. The number of rotatable bonds is 5. The van der Waals surface area contributed by atoms with Crippen LogP contribution in [0.25, 0.3) is 0 Å². The molecule has 2 N–H and O–H groups in total. The summed E-state index contributed by atoms with van der Waals surface area (Å²) in [7, 11) is 0. The molecule has 66 valence electrons. The van der Waals surface area contributed by atoms with E-state index in [-0.39, 0.29) is 0 Å². The fourth-order valence-electron chi connectivity index (χ4n) is 1.12. The summed E-state index contributed by atoms with van der Waals surface area (Å²) in [6, 6.07) is 0.708. The van der Waals surface area contributed by atoms with Crippen molar-refractivity contribution in [2.24, 2.45) is 0 Å². The minimum absolute atomic E-state index is 0.456. The van der Waals surface area contributed by atoms with E-state index >= 15 is 0 Å². The minimum atomic E-state index is -0.456. The lowest BCUT2D eigenvalue weighted by atomic mass is 9.98. The van der Waals surface area contributed by atoms with Crippen LogP contribution >= 0.6 is 0 Å². The van der Waals surface area contributed by atoms with E-state index in [1.54, 1.807) is 0 Å². The quantitative estimate of drug-likeness (QED) is 0.630. The van der Waals surface area contributed by atoms with Crippen LogP contribution in [0.4, 0.5) is 0 Å². The molecule has 2 heteroatoms. The fourth-order valence-corrected chi connectivity index (χ4v) is 1.12. The molecule has 0 bridgehead atoms. The van der Waals surface area contributed by atoms with Gasteiger partial charge in [0.15, 0.2) is 0 Å². The molecule has 1 fully saturated rings. The molecule has 0 aliphatic heterocycles. The Morgan fingerprint density at radius 3 is 2.27 bits per heavy atom. The zero-order valence-corrected chi connectivity index (χ0v) is 7.56. The van der Waals surface area contributed by atoms with Gasteiger partial charge in [0.25, 0.3) is 0 Å². The molecule has 0 heterocycles. The normalized spacial score (nSPS) is 18.8. The molecule has 0 radical (unpaired) electrons. The molecule has 0 aromatic heterocycles. The molecule has 0 spiro atoms. The lowest BCUT2D eigenvalue weighted by Crippen LogP contribution is -2.40. The van der Waals surface area contributed by atoms with Gasteiger partial charge in [-0.2, -0.15) is 0 Å². The summed E-state index contributed by atoms with van der Waals surface area (Å²) in [4.78, 5) is 0. The van der Waals surface area contributed by atoms with Gasteiger partial charge in [-0.1, -0.05) is 13.8 Å². The Kier molecular flexibility index (Phi) is 2.90. The zero-order valence-electron chi connectivity index (χ0n) is 7.56. The lowest BCUT2D eigenvalue weighted by molar-refractivity contribution is 0.0322. The van der Waals surface area contributed by atoms with Crippen LogP contribution in [0.2, 0.25) is 0 Å². The van der Waals surface area contributed by atoms with E-state index in [9.17, 15) is 5.11 Å². The Hall–Kier alpha value is -0.0800. The molecule has 1 rings (SSSR count). The van der Waals surface area contributed by atoms with E-state index in [1.807, 2.05) is 13.8 Å². The highest BCUT2D eigenvalue weighted by molar-refractivity contribution is 4.86. The highest BCUT2D eigenvalue weighted by atomic mass is 16.3. The Bertz CT molecular complexity index is 117. The van der Waals surface area contributed by atoms with Crippen LogP contribution in [0.1, 0.15) is 39.5 Å². The molecule has 0 amide bonds. The Labute approximate surface area is 69.0 Å². The van der Waals surface area contributed by atoms with E-state index in [0.717, 1.165) is 19.4 Å². The highest BCUT2D eigenvalue weighted by Gasteiger charge is 2.27. The highest BCUT2D eigenvalue weighted by Crippen LogP contribution is 2.21. The van der Waals surface area contributed by atoms with Crippen LogP contribution in [0.3, 0.4) is 0 Å². The largest absolute Gasteiger partial charge is 0.389 e. The summed E-state index contributed by atoms with van der Waals surface area (Å²) in [5.41, 5.74) is -0.456. The Morgan fingerprint density at radius 2 is 1.91 bits per heavy atom. The molecule has 1 aliphatic carbocycles. The summed E-state index contributed by atoms with van der Waals surface area (Å²) in [6.45, 7) is 4.85. The third-order valence-electron chi connectivity index (χ3n) is 2.61. The van der Waals surface area contributed by atoms with Gasteiger partial charge in [-0.3, -0.25) is 0 Å². The third kappa shape index (κ3) is 2.80. The first-order chi connectivity index (χ1) is 5.20. The summed E-state index contributed by atoms with van der Waals surface area (Å²) in [5, 5.41) is 13.2. The van der Waals surface area contributed by atoms with Gasteiger partial charge in [0, 0.05) is 12.6 Å². The molecular formula is C9H19NO. The third-order valence-corrected chi connectivity index (χ3v) is 2.61. The Balaban J connectivity index is 2.18. The average Bonchev–Trinajstić information content (AvgIpc) is 2.83. The van der Waals surface area contributed by atoms with Gasteiger partial charge in [-0.05, 0) is 25.7 Å². The van der Waals surface area contributed by atoms with Crippen molar-refractivity contribution in [1.82, 2.24) is 5.32 Å². The van der Waals surface area contributed by atoms with Crippen LogP contribution in [0.15, 0.2) is 0 Å². The topological polar surface area (TPSA) is 32.3 Å². The maximum atomic E-state index is 9.84. The van der Waals surface area contributed by atoms with Crippen LogP contribution in [0, 0.1) is 0 Å². The summed E-state index contributed by atoms with van der Waals surface area (Å²) in [6.07, 6.45) is 4.29. The molecular weight excluding hydrogens is 138 g/mol. The van der Waals surface area contributed by atoms with Gasteiger partial charge in [0.1, 0.15) is 0 Å². The molecule has 1 saturated carbocycles. The second kappa shape index (κ2) is 3.55. The number of nitrogens with one attached hydrogen (secondary N) is 1. The van der Waals surface area contributed by atoms with E-state index in [0.29, 0.717) is 6.04 Å². The van der Waals surface area contributed by atoms with Crippen molar-refractivity contribution in [3.05, 3.63) is 0 Å². The first-order valence-electron chi connectivity index (χ1n) is 4.66. The van der Waals surface area contributed by atoms with Gasteiger partial charge in [0.05, 0.1) is 5.60 Å². The molecule has 0 saturated heterocycles. The zero-order chi connectivity index (χ0) is 8.32. The molecule has 1 aliphatic rings. The molecule has 0 aromatic rings. The van der Waals surface area contributed by atoms with Crippen molar-refractivity contribution in [3.63, 3.8) is 0 Å². The van der Waals surface area contributed by atoms with Crippen LogP contribution in [0.5, 0.6) is 0 Å². The van der Waals surface area contributed by atoms with Crippen LogP contribution < -0.4 is 5.32 Å². The van der Waals surface area contributed by atoms with Crippen molar-refractivity contribution in [2.45, 2.75) is 51.2 Å². The molecule has 0 atom stereocenters. The first kappa shape index (κ1) is 9.01. The van der Waals surface area contributed by atoms with Crippen molar-refractivity contribution in [1.29, 1.82) is 0 Å². The van der Waals surface area contributed by atoms with E-state index in [2.05, 4.69) is 5.32 Å². The monoisotopic (exact) mass is 157 g/mol. The SMILES string of the molecule is CCC(O)(CC)CNC1CC1.